The van der Waals surface area contributed by atoms with Crippen LogP contribution in [0.4, 0.5) is 11.4 Å². The summed E-state index contributed by atoms with van der Waals surface area (Å²) in [6.07, 6.45) is 2.09. The van der Waals surface area contributed by atoms with Crippen LogP contribution in [-0.4, -0.2) is 39.8 Å². The van der Waals surface area contributed by atoms with Gasteiger partial charge in [0.2, 0.25) is 5.91 Å². The summed E-state index contributed by atoms with van der Waals surface area (Å²) in [5.74, 6) is 1.77. The summed E-state index contributed by atoms with van der Waals surface area (Å²) in [6.45, 7) is 7.17. The Morgan fingerprint density at radius 2 is 1.96 bits per heavy atom. The first-order chi connectivity index (χ1) is 13.5. The summed E-state index contributed by atoms with van der Waals surface area (Å²) in [6, 6.07) is 9.65. The fraction of sp³-hybridized carbons (Fsp3) is 0.318. The van der Waals surface area contributed by atoms with E-state index in [9.17, 15) is 4.79 Å². The molecule has 1 heterocycles. The fourth-order valence-corrected chi connectivity index (χ4v) is 3.06. The van der Waals surface area contributed by atoms with Crippen molar-refractivity contribution in [3.8, 4) is 28.4 Å². The van der Waals surface area contributed by atoms with Gasteiger partial charge in [-0.3, -0.25) is 4.79 Å². The van der Waals surface area contributed by atoms with Gasteiger partial charge < -0.3 is 24.4 Å². The average Bonchev–Trinajstić information content (AvgIpc) is 2.71. The molecule has 1 aliphatic rings. The molecule has 0 spiro atoms. The Morgan fingerprint density at radius 3 is 2.64 bits per heavy atom. The first kappa shape index (κ1) is 19.6. The Balaban J connectivity index is 2.18. The van der Waals surface area contributed by atoms with E-state index in [1.54, 1.807) is 0 Å². The number of nitrogens with one attached hydrogen (secondary N) is 1. The number of anilines is 2. The van der Waals surface area contributed by atoms with Gasteiger partial charge in [-0.15, -0.1) is 0 Å². The number of carbonyl (C=O) groups excluding carboxylic acids is 1. The van der Waals surface area contributed by atoms with E-state index in [2.05, 4.69) is 11.9 Å². The van der Waals surface area contributed by atoms with Crippen LogP contribution in [-0.2, 0) is 4.79 Å². The van der Waals surface area contributed by atoms with E-state index in [1.165, 1.54) is 6.08 Å². The van der Waals surface area contributed by atoms with Crippen molar-refractivity contribution in [2.45, 2.75) is 13.3 Å². The number of amides is 1. The Morgan fingerprint density at radius 1 is 1.21 bits per heavy atom. The van der Waals surface area contributed by atoms with Gasteiger partial charge in [-0.1, -0.05) is 19.6 Å². The van der Waals surface area contributed by atoms with Gasteiger partial charge in [0.25, 0.3) is 0 Å². The minimum Gasteiger partial charge on any atom is -0.491 e. The molecule has 0 unspecified atom stereocenters. The maximum atomic E-state index is 11.9. The van der Waals surface area contributed by atoms with Crippen molar-refractivity contribution in [3.05, 3.63) is 43.0 Å². The zero-order valence-electron chi connectivity index (χ0n) is 16.6. The normalized spacial score (nSPS) is 12.2. The zero-order chi connectivity index (χ0) is 20.1. The number of fused-ring (bicyclic) bond motifs is 1. The minimum absolute atomic E-state index is 0.285. The Hall–Kier alpha value is -3.15. The molecule has 0 radical (unpaired) electrons. The summed E-state index contributed by atoms with van der Waals surface area (Å²) >= 11 is 0. The van der Waals surface area contributed by atoms with Gasteiger partial charge in [0.15, 0.2) is 17.2 Å². The smallest absolute Gasteiger partial charge is 0.247 e. The average molecular weight is 382 g/mol. The molecule has 3 rings (SSSR count). The van der Waals surface area contributed by atoms with Crippen molar-refractivity contribution < 1.29 is 19.0 Å². The summed E-state index contributed by atoms with van der Waals surface area (Å²) in [4.78, 5) is 14.0. The minimum atomic E-state index is -0.285. The van der Waals surface area contributed by atoms with Crippen molar-refractivity contribution >= 4 is 17.3 Å². The van der Waals surface area contributed by atoms with Crippen molar-refractivity contribution in [1.29, 1.82) is 0 Å². The van der Waals surface area contributed by atoms with Crippen molar-refractivity contribution in [2.75, 3.05) is 44.1 Å². The molecule has 0 saturated carbocycles. The molecule has 0 bridgehead atoms. The number of hydrogen-bond donors (Lipinski definition) is 1. The van der Waals surface area contributed by atoms with Gasteiger partial charge in [-0.2, -0.15) is 0 Å². The van der Waals surface area contributed by atoms with E-state index >= 15 is 0 Å². The summed E-state index contributed by atoms with van der Waals surface area (Å²) in [5, 5.41) is 2.85. The van der Waals surface area contributed by atoms with E-state index in [0.717, 1.165) is 29.0 Å². The molecular weight excluding hydrogens is 356 g/mol. The molecule has 1 amide bonds. The molecule has 0 atom stereocenters. The number of ether oxygens (including phenoxy) is 3. The van der Waals surface area contributed by atoms with Crippen LogP contribution in [0.5, 0.6) is 17.2 Å². The predicted molar refractivity (Wildman–Crippen MR) is 112 cm³/mol. The van der Waals surface area contributed by atoms with E-state index in [1.807, 2.05) is 56.3 Å². The van der Waals surface area contributed by atoms with Crippen LogP contribution >= 0.6 is 0 Å². The van der Waals surface area contributed by atoms with Gasteiger partial charge in [-0.05, 0) is 42.3 Å². The van der Waals surface area contributed by atoms with E-state index in [-0.39, 0.29) is 5.91 Å². The Labute approximate surface area is 165 Å². The molecule has 0 saturated heterocycles. The number of rotatable bonds is 7. The van der Waals surface area contributed by atoms with Crippen molar-refractivity contribution in [3.63, 3.8) is 0 Å². The van der Waals surface area contributed by atoms with Crippen LogP contribution in [0.25, 0.3) is 11.1 Å². The maximum Gasteiger partial charge on any atom is 0.247 e. The SMILES string of the molecule is C=CC(=O)Nc1ccc(N(C)C)c(-c2ccc3c(c2)OCCO3)c1OCCC. The third kappa shape index (κ3) is 4.06. The topological polar surface area (TPSA) is 60.0 Å². The molecule has 6 heteroatoms. The lowest BCUT2D eigenvalue weighted by atomic mass is 9.99. The first-order valence-electron chi connectivity index (χ1n) is 9.35. The van der Waals surface area contributed by atoms with Gasteiger partial charge >= 0.3 is 0 Å². The van der Waals surface area contributed by atoms with Crippen LogP contribution in [0.15, 0.2) is 43.0 Å². The highest BCUT2D eigenvalue weighted by atomic mass is 16.6. The molecule has 2 aromatic carbocycles. The van der Waals surface area contributed by atoms with Gasteiger partial charge in [0.05, 0.1) is 12.3 Å². The second-order valence-corrected chi connectivity index (χ2v) is 6.63. The molecular formula is C22H26N2O4. The monoisotopic (exact) mass is 382 g/mol. The molecule has 1 N–H and O–H groups in total. The molecule has 1 aliphatic heterocycles. The lowest BCUT2D eigenvalue weighted by molar-refractivity contribution is -0.111. The molecule has 0 fully saturated rings. The zero-order valence-corrected chi connectivity index (χ0v) is 16.6. The summed E-state index contributed by atoms with van der Waals surface area (Å²) < 4.78 is 17.5. The second-order valence-electron chi connectivity index (χ2n) is 6.63. The van der Waals surface area contributed by atoms with E-state index in [0.29, 0.717) is 37.0 Å². The van der Waals surface area contributed by atoms with Crippen LogP contribution < -0.4 is 24.4 Å². The number of nitrogens with zero attached hydrogens (tertiary/aromatic N) is 1. The third-order valence-corrected chi connectivity index (χ3v) is 4.34. The largest absolute Gasteiger partial charge is 0.491 e. The van der Waals surface area contributed by atoms with Crippen LogP contribution in [0.3, 0.4) is 0 Å². The maximum absolute atomic E-state index is 11.9. The third-order valence-electron chi connectivity index (χ3n) is 4.34. The number of carbonyl (C=O) groups is 1. The molecule has 0 aromatic heterocycles. The first-order valence-corrected chi connectivity index (χ1v) is 9.35. The summed E-state index contributed by atoms with van der Waals surface area (Å²) in [5.41, 5.74) is 3.39. The lowest BCUT2D eigenvalue weighted by Gasteiger charge is -2.25. The Bertz CT molecular complexity index is 877. The molecule has 2 aromatic rings. The van der Waals surface area contributed by atoms with Gasteiger partial charge in [-0.25, -0.2) is 0 Å². The van der Waals surface area contributed by atoms with Gasteiger partial charge in [0, 0.05) is 25.3 Å². The quantitative estimate of drug-likeness (QED) is 0.731. The molecule has 28 heavy (non-hydrogen) atoms. The highest BCUT2D eigenvalue weighted by Gasteiger charge is 2.21. The lowest BCUT2D eigenvalue weighted by Crippen LogP contribution is -2.16. The van der Waals surface area contributed by atoms with Crippen LogP contribution in [0.2, 0.25) is 0 Å². The Kier molecular flexibility index (Phi) is 6.09. The van der Waals surface area contributed by atoms with Crippen molar-refractivity contribution in [1.82, 2.24) is 0 Å². The second kappa shape index (κ2) is 8.69. The van der Waals surface area contributed by atoms with Crippen molar-refractivity contribution in [2.24, 2.45) is 0 Å². The highest BCUT2D eigenvalue weighted by Crippen LogP contribution is 2.46. The number of hydrogen-bond acceptors (Lipinski definition) is 5. The highest BCUT2D eigenvalue weighted by molar-refractivity contribution is 6.02. The van der Waals surface area contributed by atoms with Crippen LogP contribution in [0, 0.1) is 0 Å². The van der Waals surface area contributed by atoms with Crippen LogP contribution in [0.1, 0.15) is 13.3 Å². The molecule has 0 aliphatic carbocycles. The summed E-state index contributed by atoms with van der Waals surface area (Å²) in [7, 11) is 3.95. The standard InChI is InChI=1S/C22H26N2O4/c1-5-11-28-22-16(23-20(25)6-2)8-9-17(24(3)4)21(22)15-7-10-18-19(14-15)27-13-12-26-18/h6-10,14H,2,5,11-13H2,1,3-4H3,(H,23,25). The molecule has 148 valence electrons. The predicted octanol–water partition coefficient (Wildman–Crippen LogP) is 4.10. The van der Waals surface area contributed by atoms with E-state index < -0.39 is 0 Å². The number of benzene rings is 2. The molecule has 6 nitrogen and oxygen atoms in total. The van der Waals surface area contributed by atoms with Gasteiger partial charge in [0.1, 0.15) is 13.2 Å². The fourth-order valence-electron chi connectivity index (χ4n) is 3.06. The van der Waals surface area contributed by atoms with E-state index in [4.69, 9.17) is 14.2 Å².